The number of anilines is 1. The Morgan fingerprint density at radius 3 is 2.61 bits per heavy atom. The SMILES string of the molecule is COc1ccc(NC(=O)NC(=O)CSc2nnc(COc3ccccc3Cl)n2C2CC2)cc1. The van der Waals surface area contributed by atoms with Gasteiger partial charge in [-0.05, 0) is 49.2 Å². The quantitative estimate of drug-likeness (QED) is 0.433. The molecule has 1 aliphatic rings. The molecule has 3 amide bonds. The van der Waals surface area contributed by atoms with Crippen LogP contribution >= 0.6 is 23.4 Å². The maximum absolute atomic E-state index is 12.3. The normalized spacial score (nSPS) is 12.8. The highest BCUT2D eigenvalue weighted by atomic mass is 35.5. The maximum atomic E-state index is 12.3. The number of methoxy groups -OCH3 is 1. The fourth-order valence-electron chi connectivity index (χ4n) is 3.04. The van der Waals surface area contributed by atoms with E-state index in [9.17, 15) is 9.59 Å². The van der Waals surface area contributed by atoms with Gasteiger partial charge in [0.05, 0.1) is 17.9 Å². The van der Waals surface area contributed by atoms with Crippen molar-refractivity contribution in [2.45, 2.75) is 30.6 Å². The number of nitrogens with one attached hydrogen (secondary N) is 2. The van der Waals surface area contributed by atoms with Gasteiger partial charge in [-0.15, -0.1) is 10.2 Å². The summed E-state index contributed by atoms with van der Waals surface area (Å²) < 4.78 is 12.9. The highest BCUT2D eigenvalue weighted by molar-refractivity contribution is 7.99. The van der Waals surface area contributed by atoms with E-state index in [0.717, 1.165) is 12.8 Å². The lowest BCUT2D eigenvalue weighted by Crippen LogP contribution is -2.35. The third kappa shape index (κ3) is 6.17. The second kappa shape index (κ2) is 10.6. The van der Waals surface area contributed by atoms with E-state index in [0.29, 0.717) is 33.2 Å². The van der Waals surface area contributed by atoms with Crippen molar-refractivity contribution in [2.24, 2.45) is 0 Å². The number of rotatable bonds is 9. The van der Waals surface area contributed by atoms with Crippen molar-refractivity contribution in [3.8, 4) is 11.5 Å². The van der Waals surface area contributed by atoms with Gasteiger partial charge in [0.1, 0.15) is 18.1 Å². The molecule has 0 spiro atoms. The fourth-order valence-corrected chi connectivity index (χ4v) is 4.05. The average Bonchev–Trinajstić information content (AvgIpc) is 3.57. The molecule has 0 atom stereocenters. The van der Waals surface area contributed by atoms with E-state index < -0.39 is 11.9 Å². The zero-order valence-electron chi connectivity index (χ0n) is 17.8. The van der Waals surface area contributed by atoms with Crippen molar-refractivity contribution >= 4 is 41.0 Å². The number of halogens is 1. The monoisotopic (exact) mass is 487 g/mol. The van der Waals surface area contributed by atoms with Crippen LogP contribution in [0.1, 0.15) is 24.7 Å². The van der Waals surface area contributed by atoms with Crippen LogP contribution < -0.4 is 20.1 Å². The smallest absolute Gasteiger partial charge is 0.325 e. The topological polar surface area (TPSA) is 107 Å². The van der Waals surface area contributed by atoms with Crippen LogP contribution in [0.5, 0.6) is 11.5 Å². The number of ether oxygens (including phenoxy) is 2. The Morgan fingerprint density at radius 1 is 1.15 bits per heavy atom. The molecule has 0 radical (unpaired) electrons. The van der Waals surface area contributed by atoms with Gasteiger partial charge in [-0.1, -0.05) is 35.5 Å². The molecule has 1 heterocycles. The first-order valence-electron chi connectivity index (χ1n) is 10.2. The summed E-state index contributed by atoms with van der Waals surface area (Å²) in [7, 11) is 1.56. The zero-order chi connectivity index (χ0) is 23.2. The standard InChI is InChI=1S/C22H22ClN5O4S/c1-31-16-10-6-14(7-11-16)24-21(30)25-20(29)13-33-22-27-26-19(28(22)15-8-9-15)12-32-18-5-3-2-4-17(18)23/h2-7,10-11,15H,8-9,12-13H2,1H3,(H2,24,25,29,30). The molecule has 0 saturated heterocycles. The Hall–Kier alpha value is -3.24. The lowest BCUT2D eigenvalue weighted by molar-refractivity contribution is -0.117. The molecule has 3 aromatic rings. The predicted molar refractivity (Wildman–Crippen MR) is 125 cm³/mol. The molecule has 0 aliphatic heterocycles. The van der Waals surface area contributed by atoms with Crippen LogP contribution in [0, 0.1) is 0 Å². The van der Waals surface area contributed by atoms with Crippen molar-refractivity contribution in [1.82, 2.24) is 20.1 Å². The van der Waals surface area contributed by atoms with Crippen molar-refractivity contribution < 1.29 is 19.1 Å². The van der Waals surface area contributed by atoms with Crippen LogP contribution in [0.3, 0.4) is 0 Å². The minimum absolute atomic E-state index is 0.0201. The van der Waals surface area contributed by atoms with Crippen LogP contribution in [0.15, 0.2) is 53.7 Å². The summed E-state index contributed by atoms with van der Waals surface area (Å²) in [5, 5.41) is 14.5. The summed E-state index contributed by atoms with van der Waals surface area (Å²) in [6.07, 6.45) is 2.03. The molecule has 33 heavy (non-hydrogen) atoms. The number of hydrogen-bond acceptors (Lipinski definition) is 7. The molecule has 1 fully saturated rings. The Balaban J connectivity index is 1.30. The molecule has 0 unspecified atom stereocenters. The average molecular weight is 488 g/mol. The third-order valence-corrected chi connectivity index (χ3v) is 6.03. The number of nitrogens with zero attached hydrogens (tertiary/aromatic N) is 3. The molecule has 2 aromatic carbocycles. The van der Waals surface area contributed by atoms with E-state index in [1.807, 2.05) is 16.7 Å². The molecular weight excluding hydrogens is 466 g/mol. The van der Waals surface area contributed by atoms with Crippen LogP contribution in [-0.2, 0) is 11.4 Å². The Labute approximate surface area is 199 Å². The molecule has 1 aliphatic carbocycles. The van der Waals surface area contributed by atoms with E-state index >= 15 is 0 Å². The van der Waals surface area contributed by atoms with Crippen LogP contribution in [0.25, 0.3) is 0 Å². The summed E-state index contributed by atoms with van der Waals surface area (Å²) >= 11 is 7.37. The van der Waals surface area contributed by atoms with Gasteiger partial charge in [0.25, 0.3) is 0 Å². The van der Waals surface area contributed by atoms with E-state index in [-0.39, 0.29) is 18.4 Å². The van der Waals surface area contributed by atoms with Crippen LogP contribution in [0.2, 0.25) is 5.02 Å². The molecular formula is C22H22ClN5O4S. The number of carbonyl (C=O) groups excluding carboxylic acids is 2. The minimum atomic E-state index is -0.608. The number of hydrogen-bond donors (Lipinski definition) is 2. The third-order valence-electron chi connectivity index (χ3n) is 4.77. The lowest BCUT2D eigenvalue weighted by Gasteiger charge is -2.11. The molecule has 9 nitrogen and oxygen atoms in total. The Kier molecular flexibility index (Phi) is 7.36. The van der Waals surface area contributed by atoms with Gasteiger partial charge in [-0.3, -0.25) is 14.7 Å². The van der Waals surface area contributed by atoms with Crippen molar-refractivity contribution in [3.05, 3.63) is 59.4 Å². The molecule has 11 heteroatoms. The molecule has 4 rings (SSSR count). The summed E-state index contributed by atoms with van der Waals surface area (Å²) in [5.74, 6) is 1.49. The van der Waals surface area contributed by atoms with Crippen molar-refractivity contribution in [2.75, 3.05) is 18.2 Å². The van der Waals surface area contributed by atoms with Crippen LogP contribution in [0.4, 0.5) is 10.5 Å². The summed E-state index contributed by atoms with van der Waals surface area (Å²) in [5.41, 5.74) is 0.547. The van der Waals surface area contributed by atoms with Crippen molar-refractivity contribution in [1.29, 1.82) is 0 Å². The molecule has 2 N–H and O–H groups in total. The highest BCUT2D eigenvalue weighted by Gasteiger charge is 2.30. The van der Waals surface area contributed by atoms with Gasteiger partial charge in [0.15, 0.2) is 11.0 Å². The minimum Gasteiger partial charge on any atom is -0.497 e. The van der Waals surface area contributed by atoms with E-state index in [1.165, 1.54) is 11.8 Å². The van der Waals surface area contributed by atoms with Gasteiger partial charge in [-0.2, -0.15) is 0 Å². The number of para-hydroxylation sites is 1. The molecule has 1 saturated carbocycles. The lowest BCUT2D eigenvalue weighted by atomic mass is 10.3. The molecule has 0 bridgehead atoms. The Morgan fingerprint density at radius 2 is 1.91 bits per heavy atom. The number of urea groups is 1. The highest BCUT2D eigenvalue weighted by Crippen LogP contribution is 2.39. The number of thioether (sulfide) groups is 1. The Bertz CT molecular complexity index is 1130. The second-order valence-electron chi connectivity index (χ2n) is 7.24. The van der Waals surface area contributed by atoms with Gasteiger partial charge < -0.3 is 14.8 Å². The van der Waals surface area contributed by atoms with Gasteiger partial charge >= 0.3 is 6.03 Å². The number of benzene rings is 2. The predicted octanol–water partition coefficient (Wildman–Crippen LogP) is 4.29. The zero-order valence-corrected chi connectivity index (χ0v) is 19.4. The second-order valence-corrected chi connectivity index (χ2v) is 8.59. The summed E-state index contributed by atoms with van der Waals surface area (Å²) in [6.45, 7) is 0.213. The largest absolute Gasteiger partial charge is 0.497 e. The molecule has 1 aromatic heterocycles. The van der Waals surface area contributed by atoms with E-state index in [2.05, 4.69) is 20.8 Å². The van der Waals surface area contributed by atoms with E-state index in [1.54, 1.807) is 43.5 Å². The number of aromatic nitrogens is 3. The maximum Gasteiger partial charge on any atom is 0.325 e. The molecule has 172 valence electrons. The first-order valence-corrected chi connectivity index (χ1v) is 11.6. The van der Waals surface area contributed by atoms with Crippen molar-refractivity contribution in [3.63, 3.8) is 0 Å². The van der Waals surface area contributed by atoms with Gasteiger partial charge in [-0.25, -0.2) is 4.79 Å². The van der Waals surface area contributed by atoms with Gasteiger partial charge in [0, 0.05) is 11.7 Å². The van der Waals surface area contributed by atoms with Crippen LogP contribution in [-0.4, -0.2) is 39.6 Å². The number of carbonyl (C=O) groups is 2. The summed E-state index contributed by atoms with van der Waals surface area (Å²) in [6, 6.07) is 13.7. The first kappa shape index (κ1) is 22.9. The first-order chi connectivity index (χ1) is 16.0. The summed E-state index contributed by atoms with van der Waals surface area (Å²) in [4.78, 5) is 24.3. The fraction of sp³-hybridized carbons (Fsp3) is 0.273. The number of amides is 3. The number of imide groups is 1. The van der Waals surface area contributed by atoms with E-state index in [4.69, 9.17) is 21.1 Å². The van der Waals surface area contributed by atoms with Gasteiger partial charge in [0.2, 0.25) is 5.91 Å².